The third-order valence-electron chi connectivity index (χ3n) is 4.45. The quantitative estimate of drug-likeness (QED) is 0.514. The minimum atomic E-state index is 0.159. The van der Waals surface area contributed by atoms with Gasteiger partial charge in [0.05, 0.1) is 33.2 Å². The number of hydrogen-bond acceptors (Lipinski definition) is 6. The number of benzene rings is 2. The molecule has 0 bridgehead atoms. The van der Waals surface area contributed by atoms with Gasteiger partial charge in [-0.15, -0.1) is 11.3 Å². The molecule has 0 atom stereocenters. The summed E-state index contributed by atoms with van der Waals surface area (Å²) in [6.45, 7) is 6.18. The van der Waals surface area contributed by atoms with Gasteiger partial charge in [-0.05, 0) is 26.8 Å². The molecule has 0 aliphatic rings. The predicted molar refractivity (Wildman–Crippen MR) is 122 cm³/mol. The molecule has 0 unspecified atom stereocenters. The highest BCUT2D eigenvalue weighted by atomic mass is 32.1. The van der Waals surface area contributed by atoms with E-state index in [-0.39, 0.29) is 6.04 Å². The maximum absolute atomic E-state index is 5.52. The van der Waals surface area contributed by atoms with Gasteiger partial charge in [-0.1, -0.05) is 29.8 Å². The summed E-state index contributed by atoms with van der Waals surface area (Å²) in [7, 11) is 4.82. The van der Waals surface area contributed by atoms with Gasteiger partial charge in [0.15, 0.2) is 11.5 Å². The zero-order valence-corrected chi connectivity index (χ0v) is 19.0. The number of thiazole rings is 1. The second-order valence-corrected chi connectivity index (χ2v) is 7.83. The molecule has 0 saturated heterocycles. The first-order valence-electron chi connectivity index (χ1n) is 9.62. The van der Waals surface area contributed by atoms with E-state index < -0.39 is 0 Å². The van der Waals surface area contributed by atoms with Crippen molar-refractivity contribution in [3.05, 3.63) is 57.7 Å². The fourth-order valence-corrected chi connectivity index (χ4v) is 3.89. The van der Waals surface area contributed by atoms with E-state index in [1.807, 2.05) is 10.7 Å². The molecule has 2 aromatic carbocycles. The third kappa shape index (κ3) is 4.74. The molecule has 0 saturated carbocycles. The summed E-state index contributed by atoms with van der Waals surface area (Å²) in [6, 6.07) is 12.2. The molecular formula is C23H27N3O3S. The lowest BCUT2D eigenvalue weighted by Gasteiger charge is -2.12. The van der Waals surface area contributed by atoms with Crippen LogP contribution in [-0.2, 0) is 0 Å². The number of hydrogen-bond donors (Lipinski definition) is 0. The Kier molecular flexibility index (Phi) is 6.95. The Balaban J connectivity index is 2.13. The summed E-state index contributed by atoms with van der Waals surface area (Å²) in [4.78, 5) is 5.56. The van der Waals surface area contributed by atoms with Crippen LogP contribution in [0.25, 0.3) is 11.3 Å². The highest BCUT2D eigenvalue weighted by Gasteiger charge is 2.12. The molecule has 0 amide bonds. The number of methoxy groups -OCH3 is 3. The van der Waals surface area contributed by atoms with E-state index in [2.05, 4.69) is 50.4 Å². The van der Waals surface area contributed by atoms with Crippen molar-refractivity contribution in [2.24, 2.45) is 10.1 Å². The van der Waals surface area contributed by atoms with E-state index >= 15 is 0 Å². The summed E-state index contributed by atoms with van der Waals surface area (Å²) >= 11 is 1.57. The van der Waals surface area contributed by atoms with Gasteiger partial charge in [0.25, 0.3) is 0 Å². The first kappa shape index (κ1) is 21.6. The number of rotatable bonds is 7. The van der Waals surface area contributed by atoms with Crippen LogP contribution >= 0.6 is 11.3 Å². The van der Waals surface area contributed by atoms with Gasteiger partial charge < -0.3 is 14.2 Å². The molecule has 3 aromatic rings. The lowest BCUT2D eigenvalue weighted by atomic mass is 10.1. The fourth-order valence-electron chi connectivity index (χ4n) is 2.92. The summed E-state index contributed by atoms with van der Waals surface area (Å²) in [5.74, 6) is 1.86. The van der Waals surface area contributed by atoms with Crippen LogP contribution in [0.2, 0.25) is 0 Å². The van der Waals surface area contributed by atoms with Crippen LogP contribution in [0.15, 0.2) is 51.9 Å². The third-order valence-corrected chi connectivity index (χ3v) is 5.28. The van der Waals surface area contributed by atoms with Crippen LogP contribution in [0.1, 0.15) is 25.0 Å². The lowest BCUT2D eigenvalue weighted by Crippen LogP contribution is -2.14. The van der Waals surface area contributed by atoms with Gasteiger partial charge in [0.1, 0.15) is 5.75 Å². The minimum Gasteiger partial charge on any atom is -0.496 e. The van der Waals surface area contributed by atoms with Crippen LogP contribution in [-0.4, -0.2) is 38.3 Å². The van der Waals surface area contributed by atoms with E-state index in [1.165, 1.54) is 5.56 Å². The maximum atomic E-state index is 5.52. The summed E-state index contributed by atoms with van der Waals surface area (Å²) in [6.07, 6.45) is 1.75. The van der Waals surface area contributed by atoms with Crippen LogP contribution in [0.4, 0.5) is 0 Å². The van der Waals surface area contributed by atoms with Gasteiger partial charge >= 0.3 is 0 Å². The average Bonchev–Trinajstić information content (AvgIpc) is 3.13. The molecule has 0 fully saturated rings. The van der Waals surface area contributed by atoms with Crippen molar-refractivity contribution in [2.75, 3.05) is 21.3 Å². The van der Waals surface area contributed by atoms with E-state index in [4.69, 9.17) is 24.3 Å². The molecule has 1 aromatic heterocycles. The molecule has 158 valence electrons. The normalized spacial score (nSPS) is 12.0. The number of aromatic nitrogens is 1. The molecule has 0 N–H and O–H groups in total. The summed E-state index contributed by atoms with van der Waals surface area (Å²) < 4.78 is 18.2. The second kappa shape index (κ2) is 9.63. The van der Waals surface area contributed by atoms with Crippen molar-refractivity contribution in [1.29, 1.82) is 0 Å². The monoisotopic (exact) mass is 425 g/mol. The van der Waals surface area contributed by atoms with Gasteiger partial charge in [-0.2, -0.15) is 5.10 Å². The molecule has 3 rings (SSSR count). The molecule has 0 aliphatic carbocycles. The Hall–Kier alpha value is -3.06. The summed E-state index contributed by atoms with van der Waals surface area (Å²) in [5, 5.41) is 6.84. The minimum absolute atomic E-state index is 0.159. The maximum Gasteiger partial charge on any atom is 0.206 e. The molecule has 0 aliphatic heterocycles. The zero-order valence-electron chi connectivity index (χ0n) is 18.2. The van der Waals surface area contributed by atoms with Gasteiger partial charge in [0, 0.05) is 28.6 Å². The Morgan fingerprint density at radius 1 is 0.933 bits per heavy atom. The van der Waals surface area contributed by atoms with Gasteiger partial charge in [0.2, 0.25) is 4.80 Å². The Labute approximate surface area is 181 Å². The first-order chi connectivity index (χ1) is 14.5. The lowest BCUT2D eigenvalue weighted by molar-refractivity contribution is 0.349. The van der Waals surface area contributed by atoms with Crippen molar-refractivity contribution in [3.63, 3.8) is 0 Å². The van der Waals surface area contributed by atoms with E-state index in [0.29, 0.717) is 17.2 Å². The number of aryl methyl sites for hydroxylation is 1. The molecule has 30 heavy (non-hydrogen) atoms. The van der Waals surface area contributed by atoms with Crippen LogP contribution in [0.3, 0.4) is 0 Å². The van der Waals surface area contributed by atoms with Crippen molar-refractivity contribution >= 4 is 17.6 Å². The second-order valence-electron chi connectivity index (χ2n) is 7.00. The molecular weight excluding hydrogens is 398 g/mol. The Morgan fingerprint density at radius 3 is 2.17 bits per heavy atom. The largest absolute Gasteiger partial charge is 0.496 e. The topological polar surface area (TPSA) is 57.3 Å². The zero-order chi connectivity index (χ0) is 21.7. The highest BCUT2D eigenvalue weighted by Crippen LogP contribution is 2.33. The summed E-state index contributed by atoms with van der Waals surface area (Å²) in [5.41, 5.74) is 4.05. The molecule has 0 spiro atoms. The molecule has 0 radical (unpaired) electrons. The van der Waals surface area contributed by atoms with Crippen molar-refractivity contribution in [1.82, 2.24) is 4.68 Å². The van der Waals surface area contributed by atoms with Gasteiger partial charge in [-0.3, -0.25) is 4.99 Å². The SMILES string of the molecule is COc1cc(OC)c(OC)cc1C=Nn1c(-c2ccc(C)cc2)csc1=NC(C)C. The Bertz CT molecular complexity index is 1100. The average molecular weight is 426 g/mol. The molecule has 1 heterocycles. The van der Waals surface area contributed by atoms with Crippen molar-refractivity contribution < 1.29 is 14.2 Å². The highest BCUT2D eigenvalue weighted by molar-refractivity contribution is 7.07. The van der Waals surface area contributed by atoms with E-state index in [0.717, 1.165) is 21.6 Å². The predicted octanol–water partition coefficient (Wildman–Crippen LogP) is 4.74. The molecule has 6 nitrogen and oxygen atoms in total. The van der Waals surface area contributed by atoms with Crippen LogP contribution < -0.4 is 19.0 Å². The first-order valence-corrected chi connectivity index (χ1v) is 10.5. The number of ether oxygens (including phenoxy) is 3. The fraction of sp³-hybridized carbons (Fsp3) is 0.304. The van der Waals surface area contributed by atoms with Crippen LogP contribution in [0, 0.1) is 6.92 Å². The molecule has 7 heteroatoms. The standard InChI is InChI=1S/C23H27N3O3S/c1-15(2)25-23-26(19(14-30-23)17-9-7-16(3)8-10-17)24-13-18-11-21(28-5)22(29-6)12-20(18)27-4/h7-15H,1-6H3. The van der Waals surface area contributed by atoms with E-state index in [1.54, 1.807) is 44.9 Å². The van der Waals surface area contributed by atoms with Crippen molar-refractivity contribution in [3.8, 4) is 28.5 Å². The van der Waals surface area contributed by atoms with Crippen LogP contribution in [0.5, 0.6) is 17.2 Å². The van der Waals surface area contributed by atoms with Crippen molar-refractivity contribution in [2.45, 2.75) is 26.8 Å². The Morgan fingerprint density at radius 2 is 1.57 bits per heavy atom. The number of nitrogens with zero attached hydrogens (tertiary/aromatic N) is 3. The van der Waals surface area contributed by atoms with E-state index in [9.17, 15) is 0 Å². The van der Waals surface area contributed by atoms with Gasteiger partial charge in [-0.25, -0.2) is 4.68 Å². The smallest absolute Gasteiger partial charge is 0.206 e.